The minimum absolute atomic E-state index is 0.117. The molecule has 3 rings (SSSR count). The number of nitrogens with zero attached hydrogens (tertiary/aromatic N) is 2. The van der Waals surface area contributed by atoms with E-state index in [-0.39, 0.29) is 10.5 Å². The van der Waals surface area contributed by atoms with E-state index in [2.05, 4.69) is 31.3 Å². The van der Waals surface area contributed by atoms with E-state index in [1.807, 2.05) is 0 Å². The summed E-state index contributed by atoms with van der Waals surface area (Å²) in [6.45, 7) is 7.96. The van der Waals surface area contributed by atoms with Gasteiger partial charge in [0.1, 0.15) is 0 Å². The van der Waals surface area contributed by atoms with Crippen LogP contribution in [0.4, 0.5) is 0 Å². The standard InChI is InChI=1S/C21H31N3O4S/c1-15(2)19-8-7-16(3)13-20(19)22-23-21(25)17-5-4-6-18(14-17)29(26,27)24-9-11-28-12-10-24/h4-6,14-16,19H,7-13H2,1-3H3,(H,23,25)/b22-20-/t16-,19-/m1/s1. The van der Waals surface area contributed by atoms with Gasteiger partial charge >= 0.3 is 0 Å². The summed E-state index contributed by atoms with van der Waals surface area (Å²) < 4.78 is 32.3. The lowest BCUT2D eigenvalue weighted by Gasteiger charge is -2.30. The van der Waals surface area contributed by atoms with Gasteiger partial charge in [0.05, 0.1) is 18.1 Å². The fourth-order valence-corrected chi connectivity index (χ4v) is 5.46. The molecule has 0 unspecified atom stereocenters. The number of morpholine rings is 1. The van der Waals surface area contributed by atoms with Crippen LogP contribution in [0.1, 0.15) is 50.4 Å². The molecular weight excluding hydrogens is 390 g/mol. The molecule has 8 heteroatoms. The van der Waals surface area contributed by atoms with Crippen molar-refractivity contribution in [1.82, 2.24) is 9.73 Å². The van der Waals surface area contributed by atoms with Crippen LogP contribution in [0.2, 0.25) is 0 Å². The number of nitrogens with one attached hydrogen (secondary N) is 1. The van der Waals surface area contributed by atoms with Crippen LogP contribution in [0, 0.1) is 17.8 Å². The maximum Gasteiger partial charge on any atom is 0.271 e. The Bertz CT molecular complexity index is 860. The molecule has 0 radical (unpaired) electrons. The molecule has 1 amide bonds. The van der Waals surface area contributed by atoms with Crippen molar-refractivity contribution in [3.8, 4) is 0 Å². The van der Waals surface area contributed by atoms with E-state index in [0.29, 0.717) is 44.1 Å². The van der Waals surface area contributed by atoms with Gasteiger partial charge in [-0.1, -0.05) is 26.8 Å². The number of hydrogen-bond acceptors (Lipinski definition) is 5. The highest BCUT2D eigenvalue weighted by Gasteiger charge is 2.28. The summed E-state index contributed by atoms with van der Waals surface area (Å²) in [7, 11) is -3.64. The van der Waals surface area contributed by atoms with E-state index < -0.39 is 15.9 Å². The van der Waals surface area contributed by atoms with Crippen molar-refractivity contribution in [3.05, 3.63) is 29.8 Å². The van der Waals surface area contributed by atoms with E-state index in [4.69, 9.17) is 4.74 Å². The van der Waals surface area contributed by atoms with Crippen LogP contribution in [-0.2, 0) is 14.8 Å². The minimum atomic E-state index is -3.64. The van der Waals surface area contributed by atoms with E-state index in [9.17, 15) is 13.2 Å². The minimum Gasteiger partial charge on any atom is -0.379 e. The molecule has 160 valence electrons. The van der Waals surface area contributed by atoms with Crippen LogP contribution < -0.4 is 5.43 Å². The lowest BCUT2D eigenvalue weighted by molar-refractivity contribution is 0.0730. The first-order valence-corrected chi connectivity index (χ1v) is 11.8. The molecule has 1 saturated heterocycles. The maximum absolute atomic E-state index is 12.8. The quantitative estimate of drug-likeness (QED) is 0.741. The first-order valence-electron chi connectivity index (χ1n) is 10.3. The second-order valence-corrected chi connectivity index (χ2v) is 10.3. The number of carbonyl (C=O) groups excluding carboxylic acids is 1. The molecule has 1 aliphatic carbocycles. The average molecular weight is 422 g/mol. The van der Waals surface area contributed by atoms with Crippen molar-refractivity contribution in [2.24, 2.45) is 22.9 Å². The zero-order valence-electron chi connectivity index (χ0n) is 17.4. The Labute approximate surface area is 173 Å². The highest BCUT2D eigenvalue weighted by Crippen LogP contribution is 2.31. The number of ether oxygens (including phenoxy) is 1. The van der Waals surface area contributed by atoms with E-state index in [1.54, 1.807) is 12.1 Å². The van der Waals surface area contributed by atoms with Crippen molar-refractivity contribution in [1.29, 1.82) is 0 Å². The highest BCUT2D eigenvalue weighted by atomic mass is 32.2. The lowest BCUT2D eigenvalue weighted by Crippen LogP contribution is -2.40. The SMILES string of the molecule is CC(C)[C@H]1CC[C@@H](C)C/C1=N/NC(=O)c1cccc(S(=O)(=O)N2CCOCC2)c1. The molecule has 7 nitrogen and oxygen atoms in total. The second-order valence-electron chi connectivity index (χ2n) is 8.33. The summed E-state index contributed by atoms with van der Waals surface area (Å²) in [6.07, 6.45) is 3.15. The van der Waals surface area contributed by atoms with Crippen LogP contribution in [-0.4, -0.2) is 50.6 Å². The van der Waals surface area contributed by atoms with Crippen LogP contribution in [0.5, 0.6) is 0 Å². The Kier molecular flexibility index (Phi) is 7.08. The van der Waals surface area contributed by atoms with Gasteiger partial charge in [-0.3, -0.25) is 4.79 Å². The molecule has 29 heavy (non-hydrogen) atoms. The number of rotatable bonds is 5. The summed E-state index contributed by atoms with van der Waals surface area (Å²) in [5.41, 5.74) is 3.97. The highest BCUT2D eigenvalue weighted by molar-refractivity contribution is 7.89. The number of benzene rings is 1. The predicted octanol–water partition coefficient (Wildman–Crippen LogP) is 2.89. The molecular formula is C21H31N3O4S. The Morgan fingerprint density at radius 1 is 1.24 bits per heavy atom. The molecule has 0 bridgehead atoms. The summed E-state index contributed by atoms with van der Waals surface area (Å²) >= 11 is 0. The Hall–Kier alpha value is -1.77. The topological polar surface area (TPSA) is 88.1 Å². The van der Waals surface area contributed by atoms with Gasteiger partial charge in [0, 0.05) is 30.3 Å². The van der Waals surface area contributed by atoms with E-state index in [1.165, 1.54) is 22.9 Å². The fourth-order valence-electron chi connectivity index (χ4n) is 4.01. The molecule has 1 saturated carbocycles. The molecule has 2 fully saturated rings. The largest absolute Gasteiger partial charge is 0.379 e. The molecule has 1 aromatic rings. The molecule has 0 aromatic heterocycles. The molecule has 0 spiro atoms. The van der Waals surface area contributed by atoms with Gasteiger partial charge in [0.25, 0.3) is 5.91 Å². The Morgan fingerprint density at radius 3 is 2.66 bits per heavy atom. The summed E-state index contributed by atoms with van der Waals surface area (Å²) in [6, 6.07) is 6.14. The Morgan fingerprint density at radius 2 is 1.97 bits per heavy atom. The lowest BCUT2D eigenvalue weighted by atomic mass is 9.76. The first-order chi connectivity index (χ1) is 13.8. The maximum atomic E-state index is 12.8. The number of amides is 1. The van der Waals surface area contributed by atoms with Crippen LogP contribution in [0.15, 0.2) is 34.3 Å². The third-order valence-electron chi connectivity index (χ3n) is 5.77. The van der Waals surface area contributed by atoms with Crippen LogP contribution in [0.3, 0.4) is 0 Å². The van der Waals surface area contributed by atoms with E-state index in [0.717, 1.165) is 18.6 Å². The summed E-state index contributed by atoms with van der Waals surface area (Å²) in [5.74, 6) is 1.01. The van der Waals surface area contributed by atoms with Gasteiger partial charge in [-0.25, -0.2) is 13.8 Å². The van der Waals surface area contributed by atoms with Gasteiger partial charge in [0.2, 0.25) is 10.0 Å². The monoisotopic (exact) mass is 421 g/mol. The molecule has 2 atom stereocenters. The van der Waals surface area contributed by atoms with Crippen molar-refractivity contribution >= 4 is 21.6 Å². The van der Waals surface area contributed by atoms with Crippen molar-refractivity contribution in [2.75, 3.05) is 26.3 Å². The van der Waals surface area contributed by atoms with Crippen molar-refractivity contribution < 1.29 is 17.9 Å². The molecule has 1 aromatic carbocycles. The van der Waals surface area contributed by atoms with E-state index >= 15 is 0 Å². The molecule has 1 aliphatic heterocycles. The summed E-state index contributed by atoms with van der Waals surface area (Å²) in [4.78, 5) is 12.8. The van der Waals surface area contributed by atoms with Gasteiger partial charge in [-0.2, -0.15) is 9.41 Å². The third-order valence-corrected chi connectivity index (χ3v) is 7.66. The molecule has 1 N–H and O–H groups in total. The average Bonchev–Trinajstić information content (AvgIpc) is 2.72. The molecule has 1 heterocycles. The number of hydrazone groups is 1. The predicted molar refractivity (Wildman–Crippen MR) is 112 cm³/mol. The number of hydrogen-bond donors (Lipinski definition) is 1. The second kappa shape index (κ2) is 9.36. The fraction of sp³-hybridized carbons (Fsp3) is 0.619. The first kappa shape index (κ1) is 21.9. The van der Waals surface area contributed by atoms with Gasteiger partial charge in [0.15, 0.2) is 0 Å². The molecule has 2 aliphatic rings. The normalized spacial score (nSPS) is 25.3. The zero-order chi connectivity index (χ0) is 21.0. The number of sulfonamides is 1. The van der Waals surface area contributed by atoms with Crippen LogP contribution in [0.25, 0.3) is 0 Å². The zero-order valence-corrected chi connectivity index (χ0v) is 18.2. The smallest absolute Gasteiger partial charge is 0.271 e. The van der Waals surface area contributed by atoms with Gasteiger partial charge in [-0.05, 0) is 49.3 Å². The van der Waals surface area contributed by atoms with Gasteiger partial charge in [-0.15, -0.1) is 0 Å². The Balaban J connectivity index is 1.75. The van der Waals surface area contributed by atoms with Crippen molar-refractivity contribution in [3.63, 3.8) is 0 Å². The third kappa shape index (κ3) is 5.24. The van der Waals surface area contributed by atoms with Gasteiger partial charge < -0.3 is 4.74 Å². The van der Waals surface area contributed by atoms with Crippen LogP contribution >= 0.6 is 0 Å². The van der Waals surface area contributed by atoms with Crippen molar-refractivity contribution in [2.45, 2.75) is 44.9 Å². The summed E-state index contributed by atoms with van der Waals surface area (Å²) in [5, 5.41) is 4.44. The number of carbonyl (C=O) groups is 1.